The van der Waals surface area contributed by atoms with Gasteiger partial charge in [-0.15, -0.1) is 0 Å². The molecule has 0 aromatic heterocycles. The van der Waals surface area contributed by atoms with Gasteiger partial charge in [-0.1, -0.05) is 13.8 Å². The molecule has 2 amide bonds. The first-order chi connectivity index (χ1) is 14.8. The molecule has 4 fully saturated rings. The van der Waals surface area contributed by atoms with Crippen LogP contribution in [-0.4, -0.2) is 44.2 Å². The lowest BCUT2D eigenvalue weighted by atomic mass is 9.49. The van der Waals surface area contributed by atoms with E-state index in [9.17, 15) is 18.0 Å². The van der Waals surface area contributed by atoms with Crippen LogP contribution in [0.4, 0.5) is 5.69 Å². The molecule has 0 radical (unpaired) electrons. The number of hydrogen-bond donors (Lipinski definition) is 2. The van der Waals surface area contributed by atoms with E-state index in [2.05, 4.69) is 10.6 Å². The van der Waals surface area contributed by atoms with Gasteiger partial charge in [-0.25, -0.2) is 8.42 Å². The molecule has 4 saturated carbocycles. The third-order valence-electron chi connectivity index (χ3n) is 7.41. The van der Waals surface area contributed by atoms with Crippen molar-refractivity contribution in [1.82, 2.24) is 9.62 Å². The van der Waals surface area contributed by atoms with Crippen LogP contribution >= 0.6 is 0 Å². The normalized spacial score (nSPS) is 29.2. The molecule has 7 nitrogen and oxygen atoms in total. The lowest BCUT2D eigenvalue weighted by molar-refractivity contribution is -0.146. The minimum atomic E-state index is -3.53. The first-order valence-electron chi connectivity index (χ1n) is 11.4. The van der Waals surface area contributed by atoms with E-state index in [1.54, 1.807) is 26.0 Å². The summed E-state index contributed by atoms with van der Waals surface area (Å²) in [7, 11) is -3.53. The SMILES string of the molecule is CCN(CC)S(=O)(=O)c1ccc(NC(=O)CNC(=O)C23CC4CC(CC(C4)C2)C3)cc1. The molecular weight excluding hydrogens is 414 g/mol. The molecular formula is C23H33N3O4S. The van der Waals surface area contributed by atoms with Crippen LogP contribution in [-0.2, 0) is 19.6 Å². The topological polar surface area (TPSA) is 95.6 Å². The number of anilines is 1. The minimum Gasteiger partial charge on any atom is -0.347 e. The summed E-state index contributed by atoms with van der Waals surface area (Å²) in [6.45, 7) is 4.34. The number of nitrogens with one attached hydrogen (secondary N) is 2. The van der Waals surface area contributed by atoms with E-state index in [4.69, 9.17) is 0 Å². The van der Waals surface area contributed by atoms with E-state index >= 15 is 0 Å². The van der Waals surface area contributed by atoms with Crippen molar-refractivity contribution in [3.05, 3.63) is 24.3 Å². The van der Waals surface area contributed by atoms with Crippen LogP contribution < -0.4 is 10.6 Å². The zero-order chi connectivity index (χ0) is 22.2. The highest BCUT2D eigenvalue weighted by atomic mass is 32.2. The number of carbonyl (C=O) groups excluding carboxylic acids is 2. The predicted molar refractivity (Wildman–Crippen MR) is 119 cm³/mol. The fraction of sp³-hybridized carbons (Fsp3) is 0.652. The van der Waals surface area contributed by atoms with E-state index in [1.807, 2.05) is 0 Å². The van der Waals surface area contributed by atoms with Crippen LogP contribution in [0.1, 0.15) is 52.4 Å². The molecule has 0 saturated heterocycles. The quantitative estimate of drug-likeness (QED) is 0.640. The van der Waals surface area contributed by atoms with Crippen molar-refractivity contribution >= 4 is 27.5 Å². The van der Waals surface area contributed by atoms with Gasteiger partial charge in [0.2, 0.25) is 21.8 Å². The van der Waals surface area contributed by atoms with Crippen LogP contribution in [0, 0.1) is 23.2 Å². The summed E-state index contributed by atoms with van der Waals surface area (Å²) < 4.78 is 26.5. The van der Waals surface area contributed by atoms with E-state index in [1.165, 1.54) is 35.7 Å². The highest BCUT2D eigenvalue weighted by molar-refractivity contribution is 7.89. The number of rotatable bonds is 8. The molecule has 1 aromatic carbocycles. The monoisotopic (exact) mass is 447 g/mol. The van der Waals surface area contributed by atoms with Crippen molar-refractivity contribution in [2.75, 3.05) is 25.0 Å². The van der Waals surface area contributed by atoms with Crippen molar-refractivity contribution in [1.29, 1.82) is 0 Å². The van der Waals surface area contributed by atoms with Crippen molar-refractivity contribution < 1.29 is 18.0 Å². The predicted octanol–water partition coefficient (Wildman–Crippen LogP) is 2.99. The Balaban J connectivity index is 1.32. The molecule has 4 bridgehead atoms. The largest absolute Gasteiger partial charge is 0.347 e. The second-order valence-corrected chi connectivity index (χ2v) is 11.5. The summed E-state index contributed by atoms with van der Waals surface area (Å²) in [5, 5.41) is 5.62. The molecule has 2 N–H and O–H groups in total. The maximum atomic E-state index is 13.0. The Bertz CT molecular complexity index is 903. The van der Waals surface area contributed by atoms with Crippen LogP contribution in [0.5, 0.6) is 0 Å². The number of nitrogens with zero attached hydrogens (tertiary/aromatic N) is 1. The standard InChI is InChI=1S/C23H33N3O4S/c1-3-26(4-2)31(29,30)20-7-5-19(6-8-20)25-21(27)15-24-22(28)23-12-16-9-17(13-23)11-18(10-16)14-23/h5-8,16-18H,3-4,9-15H2,1-2H3,(H,24,28)(H,25,27). The van der Waals surface area contributed by atoms with Crippen LogP contribution in [0.15, 0.2) is 29.2 Å². The number of sulfonamides is 1. The molecule has 31 heavy (non-hydrogen) atoms. The third kappa shape index (κ3) is 4.37. The Morgan fingerprint density at radius 2 is 1.48 bits per heavy atom. The summed E-state index contributed by atoms with van der Waals surface area (Å²) in [4.78, 5) is 25.5. The van der Waals surface area contributed by atoms with Crippen molar-refractivity contribution in [2.45, 2.75) is 57.3 Å². The lowest BCUT2D eigenvalue weighted by Crippen LogP contribution is -2.54. The Labute approximate surface area is 185 Å². The molecule has 4 aliphatic rings. The summed E-state index contributed by atoms with van der Waals surface area (Å²) in [6.07, 6.45) is 6.71. The zero-order valence-corrected chi connectivity index (χ0v) is 19.2. The van der Waals surface area contributed by atoms with Gasteiger partial charge in [0.05, 0.1) is 11.4 Å². The van der Waals surface area contributed by atoms with Gasteiger partial charge in [-0.2, -0.15) is 4.31 Å². The molecule has 0 unspecified atom stereocenters. The molecule has 0 atom stereocenters. The van der Waals surface area contributed by atoms with E-state index in [0.29, 0.717) is 36.5 Å². The Morgan fingerprint density at radius 3 is 1.97 bits per heavy atom. The Hall–Kier alpha value is -1.93. The fourth-order valence-electron chi connectivity index (χ4n) is 6.36. The molecule has 170 valence electrons. The minimum absolute atomic E-state index is 0.0300. The Kier molecular flexibility index (Phi) is 6.14. The van der Waals surface area contributed by atoms with Gasteiger partial charge in [0, 0.05) is 24.2 Å². The molecule has 1 aromatic rings. The van der Waals surface area contributed by atoms with E-state index in [0.717, 1.165) is 19.3 Å². The highest BCUT2D eigenvalue weighted by Crippen LogP contribution is 2.60. The van der Waals surface area contributed by atoms with Crippen molar-refractivity contribution in [3.8, 4) is 0 Å². The summed E-state index contributed by atoms with van der Waals surface area (Å²) >= 11 is 0. The summed E-state index contributed by atoms with van der Waals surface area (Å²) in [5.74, 6) is 1.76. The number of hydrogen-bond acceptors (Lipinski definition) is 4. The van der Waals surface area contributed by atoms with Gasteiger partial charge in [0.15, 0.2) is 0 Å². The number of benzene rings is 1. The third-order valence-corrected chi connectivity index (χ3v) is 9.47. The molecule has 0 aliphatic heterocycles. The number of carbonyl (C=O) groups is 2. The smallest absolute Gasteiger partial charge is 0.243 e. The first kappa shape index (κ1) is 22.3. The average Bonchev–Trinajstić information content (AvgIpc) is 2.72. The van der Waals surface area contributed by atoms with Gasteiger partial charge < -0.3 is 10.6 Å². The summed E-state index contributed by atoms with van der Waals surface area (Å²) in [5.41, 5.74) is 0.239. The van der Waals surface area contributed by atoms with E-state index in [-0.39, 0.29) is 28.7 Å². The zero-order valence-electron chi connectivity index (χ0n) is 18.4. The van der Waals surface area contributed by atoms with Gasteiger partial charge in [0.1, 0.15) is 0 Å². The van der Waals surface area contributed by atoms with Gasteiger partial charge in [-0.3, -0.25) is 9.59 Å². The van der Waals surface area contributed by atoms with Gasteiger partial charge in [-0.05, 0) is 80.5 Å². The molecule has 5 rings (SSSR count). The molecule has 8 heteroatoms. The van der Waals surface area contributed by atoms with Crippen molar-refractivity contribution in [3.63, 3.8) is 0 Å². The van der Waals surface area contributed by atoms with Gasteiger partial charge in [0.25, 0.3) is 0 Å². The average molecular weight is 448 g/mol. The maximum absolute atomic E-state index is 13.0. The second kappa shape index (κ2) is 8.54. The molecule has 0 spiro atoms. The van der Waals surface area contributed by atoms with Crippen LogP contribution in [0.25, 0.3) is 0 Å². The van der Waals surface area contributed by atoms with Gasteiger partial charge >= 0.3 is 0 Å². The Morgan fingerprint density at radius 1 is 0.968 bits per heavy atom. The van der Waals surface area contributed by atoms with Crippen LogP contribution in [0.3, 0.4) is 0 Å². The highest BCUT2D eigenvalue weighted by Gasteiger charge is 2.54. The fourth-order valence-corrected chi connectivity index (χ4v) is 7.82. The number of amides is 2. The van der Waals surface area contributed by atoms with Crippen LogP contribution in [0.2, 0.25) is 0 Å². The van der Waals surface area contributed by atoms with E-state index < -0.39 is 10.0 Å². The maximum Gasteiger partial charge on any atom is 0.243 e. The van der Waals surface area contributed by atoms with Crippen molar-refractivity contribution in [2.24, 2.45) is 23.2 Å². The summed E-state index contributed by atoms with van der Waals surface area (Å²) in [6, 6.07) is 6.15. The second-order valence-electron chi connectivity index (χ2n) is 9.54. The first-order valence-corrected chi connectivity index (χ1v) is 12.9. The molecule has 4 aliphatic carbocycles. The lowest BCUT2D eigenvalue weighted by Gasteiger charge is -2.55. The molecule has 0 heterocycles.